The molecule has 0 saturated carbocycles. The molecule has 0 aliphatic carbocycles. The smallest absolute Gasteiger partial charge is 0.196 e. The quantitative estimate of drug-likeness (QED) is 0.625. The summed E-state index contributed by atoms with van der Waals surface area (Å²) in [7, 11) is 1.97. The lowest BCUT2D eigenvalue weighted by molar-refractivity contribution is 0.101. The van der Waals surface area contributed by atoms with E-state index >= 15 is 0 Å². The second-order valence-corrected chi connectivity index (χ2v) is 5.52. The van der Waals surface area contributed by atoms with Crippen LogP contribution in [0.5, 0.6) is 0 Å². The van der Waals surface area contributed by atoms with E-state index in [1.165, 1.54) is 22.5 Å². The van der Waals surface area contributed by atoms with Gasteiger partial charge in [0.2, 0.25) is 0 Å². The number of aryl methyl sites for hydroxylation is 1. The molecule has 0 N–H and O–H groups in total. The van der Waals surface area contributed by atoms with Crippen molar-refractivity contribution in [2.24, 2.45) is 0 Å². The number of hydrogen-bond acceptors (Lipinski definition) is 4. The minimum Gasteiger partial charge on any atom is -0.347 e. The molecule has 0 unspecified atom stereocenters. The van der Waals surface area contributed by atoms with Gasteiger partial charge in [-0.05, 0) is 12.5 Å². The maximum atomic E-state index is 11.4. The molecular weight excluding hydrogens is 280 g/mol. The standard InChI is InChI=1S/C14H15ClN2OS/c1-10-4-3-5-11(6-10)8-17(2)14-16-12(9-19-14)13(18)7-15/h3-6,9H,7-8H2,1-2H3. The average Bonchev–Trinajstić information content (AvgIpc) is 2.87. The lowest BCUT2D eigenvalue weighted by Crippen LogP contribution is -2.16. The third-order valence-electron chi connectivity index (χ3n) is 2.73. The molecule has 19 heavy (non-hydrogen) atoms. The van der Waals surface area contributed by atoms with E-state index in [0.29, 0.717) is 5.69 Å². The number of ketones is 1. The maximum Gasteiger partial charge on any atom is 0.196 e. The van der Waals surface area contributed by atoms with E-state index in [-0.39, 0.29) is 11.7 Å². The van der Waals surface area contributed by atoms with Gasteiger partial charge in [-0.2, -0.15) is 0 Å². The van der Waals surface area contributed by atoms with Crippen LogP contribution in [0.25, 0.3) is 0 Å². The Morgan fingerprint density at radius 3 is 2.95 bits per heavy atom. The van der Waals surface area contributed by atoms with Gasteiger partial charge in [-0.15, -0.1) is 22.9 Å². The van der Waals surface area contributed by atoms with Gasteiger partial charge >= 0.3 is 0 Å². The Labute approximate surface area is 121 Å². The molecule has 0 fully saturated rings. The van der Waals surface area contributed by atoms with Gasteiger partial charge < -0.3 is 4.90 Å². The van der Waals surface area contributed by atoms with Crippen LogP contribution in [0.3, 0.4) is 0 Å². The van der Waals surface area contributed by atoms with E-state index in [1.54, 1.807) is 5.38 Å². The van der Waals surface area contributed by atoms with Crippen molar-refractivity contribution in [2.75, 3.05) is 17.8 Å². The molecule has 0 spiro atoms. The summed E-state index contributed by atoms with van der Waals surface area (Å²) in [5, 5.41) is 2.59. The van der Waals surface area contributed by atoms with Crippen molar-refractivity contribution < 1.29 is 4.79 Å². The van der Waals surface area contributed by atoms with E-state index < -0.39 is 0 Å². The number of Topliss-reactive ketones (excluding diaryl/α,β-unsaturated/α-hetero) is 1. The number of hydrogen-bond donors (Lipinski definition) is 0. The van der Waals surface area contributed by atoms with Gasteiger partial charge in [0.25, 0.3) is 0 Å². The predicted molar refractivity (Wildman–Crippen MR) is 80.5 cm³/mol. The third-order valence-corrected chi connectivity index (χ3v) is 3.93. The summed E-state index contributed by atoms with van der Waals surface area (Å²) in [5.41, 5.74) is 2.91. The first-order chi connectivity index (χ1) is 9.10. The Morgan fingerprint density at radius 2 is 2.26 bits per heavy atom. The lowest BCUT2D eigenvalue weighted by atomic mass is 10.1. The Morgan fingerprint density at radius 1 is 1.47 bits per heavy atom. The molecule has 3 nitrogen and oxygen atoms in total. The highest BCUT2D eigenvalue weighted by Crippen LogP contribution is 2.21. The molecule has 2 rings (SSSR count). The van der Waals surface area contributed by atoms with Crippen molar-refractivity contribution in [3.8, 4) is 0 Å². The van der Waals surface area contributed by atoms with E-state index in [9.17, 15) is 4.79 Å². The summed E-state index contributed by atoms with van der Waals surface area (Å²) in [4.78, 5) is 17.8. The number of rotatable bonds is 5. The number of carbonyl (C=O) groups is 1. The first kappa shape index (κ1) is 14.0. The Kier molecular flexibility index (Phi) is 4.56. The highest BCUT2D eigenvalue weighted by molar-refractivity contribution is 7.13. The SMILES string of the molecule is Cc1cccc(CN(C)c2nc(C(=O)CCl)cs2)c1. The summed E-state index contributed by atoms with van der Waals surface area (Å²) < 4.78 is 0. The molecule has 2 aromatic rings. The lowest BCUT2D eigenvalue weighted by Gasteiger charge is -2.15. The molecule has 1 heterocycles. The Hall–Kier alpha value is -1.39. The second-order valence-electron chi connectivity index (χ2n) is 4.42. The highest BCUT2D eigenvalue weighted by atomic mass is 35.5. The molecule has 1 aromatic carbocycles. The predicted octanol–water partition coefficient (Wildman–Crippen LogP) is 3.51. The van der Waals surface area contributed by atoms with Gasteiger partial charge in [0, 0.05) is 19.0 Å². The van der Waals surface area contributed by atoms with Crippen LogP contribution in [0, 0.1) is 6.92 Å². The first-order valence-electron chi connectivity index (χ1n) is 5.91. The van der Waals surface area contributed by atoms with Gasteiger partial charge in [-0.3, -0.25) is 4.79 Å². The van der Waals surface area contributed by atoms with E-state index in [2.05, 4.69) is 30.1 Å². The van der Waals surface area contributed by atoms with Crippen LogP contribution in [0.15, 0.2) is 29.6 Å². The molecule has 5 heteroatoms. The summed E-state index contributed by atoms with van der Waals surface area (Å²) in [6.45, 7) is 2.84. The number of alkyl halides is 1. The van der Waals surface area contributed by atoms with Crippen LogP contribution in [0.2, 0.25) is 0 Å². The first-order valence-corrected chi connectivity index (χ1v) is 7.33. The largest absolute Gasteiger partial charge is 0.347 e. The van der Waals surface area contributed by atoms with Crippen molar-refractivity contribution in [3.05, 3.63) is 46.5 Å². The van der Waals surface area contributed by atoms with Crippen LogP contribution < -0.4 is 4.90 Å². The van der Waals surface area contributed by atoms with Crippen LogP contribution in [0.1, 0.15) is 21.6 Å². The van der Waals surface area contributed by atoms with Crippen molar-refractivity contribution in [1.29, 1.82) is 0 Å². The average molecular weight is 295 g/mol. The Bertz CT molecular complexity index is 582. The van der Waals surface area contributed by atoms with Crippen molar-refractivity contribution in [1.82, 2.24) is 4.98 Å². The molecule has 0 bridgehead atoms. The summed E-state index contributed by atoms with van der Waals surface area (Å²) in [5.74, 6) is -0.154. The number of halogens is 1. The van der Waals surface area contributed by atoms with Gasteiger partial charge in [0.05, 0.1) is 5.88 Å². The molecule has 0 radical (unpaired) electrons. The zero-order chi connectivity index (χ0) is 13.8. The van der Waals surface area contributed by atoms with Crippen molar-refractivity contribution in [2.45, 2.75) is 13.5 Å². The number of anilines is 1. The number of nitrogens with zero attached hydrogens (tertiary/aromatic N) is 2. The summed E-state index contributed by atoms with van der Waals surface area (Å²) >= 11 is 6.98. The van der Waals surface area contributed by atoms with Crippen LogP contribution in [-0.2, 0) is 6.54 Å². The monoisotopic (exact) mass is 294 g/mol. The van der Waals surface area contributed by atoms with Crippen LogP contribution in [0.4, 0.5) is 5.13 Å². The normalized spacial score (nSPS) is 10.5. The minimum absolute atomic E-state index is 0.0230. The third kappa shape index (κ3) is 3.55. The molecule has 0 saturated heterocycles. The zero-order valence-electron chi connectivity index (χ0n) is 10.9. The molecule has 0 atom stereocenters. The van der Waals surface area contributed by atoms with Crippen LogP contribution in [-0.4, -0.2) is 23.7 Å². The zero-order valence-corrected chi connectivity index (χ0v) is 12.5. The number of aromatic nitrogens is 1. The molecule has 0 aliphatic rings. The fraction of sp³-hybridized carbons (Fsp3) is 0.286. The Balaban J connectivity index is 2.09. The molecule has 1 aromatic heterocycles. The minimum atomic E-state index is -0.131. The van der Waals surface area contributed by atoms with Gasteiger partial charge in [-0.25, -0.2) is 4.98 Å². The van der Waals surface area contributed by atoms with Crippen molar-refractivity contribution >= 4 is 33.9 Å². The van der Waals surface area contributed by atoms with Crippen LogP contribution >= 0.6 is 22.9 Å². The molecule has 100 valence electrons. The topological polar surface area (TPSA) is 33.2 Å². The summed E-state index contributed by atoms with van der Waals surface area (Å²) in [6.07, 6.45) is 0. The maximum absolute atomic E-state index is 11.4. The van der Waals surface area contributed by atoms with E-state index in [4.69, 9.17) is 11.6 Å². The fourth-order valence-electron chi connectivity index (χ4n) is 1.79. The van der Waals surface area contributed by atoms with E-state index in [1.807, 2.05) is 18.0 Å². The molecular formula is C14H15ClN2OS. The highest BCUT2D eigenvalue weighted by Gasteiger charge is 2.12. The summed E-state index contributed by atoms with van der Waals surface area (Å²) in [6, 6.07) is 8.35. The molecule has 0 amide bonds. The number of benzene rings is 1. The van der Waals surface area contributed by atoms with Gasteiger partial charge in [-0.1, -0.05) is 29.8 Å². The van der Waals surface area contributed by atoms with Crippen molar-refractivity contribution in [3.63, 3.8) is 0 Å². The number of thiazole rings is 1. The van der Waals surface area contributed by atoms with Gasteiger partial charge in [0.1, 0.15) is 5.69 Å². The second kappa shape index (κ2) is 6.17. The fourth-order valence-corrected chi connectivity index (χ4v) is 2.72. The molecule has 0 aliphatic heterocycles. The van der Waals surface area contributed by atoms with E-state index in [0.717, 1.165) is 11.7 Å². The number of carbonyl (C=O) groups excluding carboxylic acids is 1. The van der Waals surface area contributed by atoms with Gasteiger partial charge in [0.15, 0.2) is 10.9 Å².